The van der Waals surface area contributed by atoms with E-state index in [-0.39, 0.29) is 16.9 Å². The summed E-state index contributed by atoms with van der Waals surface area (Å²) in [6.45, 7) is 0. The molecule has 8 nitrogen and oxygen atoms in total. The zero-order valence-corrected chi connectivity index (χ0v) is 10.7. The zero-order valence-electron chi connectivity index (χ0n) is 10.7. The molecule has 2 rings (SSSR count). The molecule has 20 heavy (non-hydrogen) atoms. The van der Waals surface area contributed by atoms with E-state index in [0.29, 0.717) is 5.39 Å². The molecule has 0 aromatic heterocycles. The van der Waals surface area contributed by atoms with Crippen molar-refractivity contribution in [2.75, 3.05) is 14.2 Å². The molecule has 0 saturated carbocycles. The van der Waals surface area contributed by atoms with Crippen molar-refractivity contribution in [3.8, 4) is 11.5 Å². The van der Waals surface area contributed by atoms with Gasteiger partial charge in [0.1, 0.15) is 5.39 Å². The number of nitro groups is 2. The van der Waals surface area contributed by atoms with Crippen LogP contribution in [0.1, 0.15) is 0 Å². The zero-order chi connectivity index (χ0) is 14.9. The minimum Gasteiger partial charge on any atom is -0.490 e. The predicted molar refractivity (Wildman–Crippen MR) is 70.4 cm³/mol. The number of rotatable bonds is 4. The summed E-state index contributed by atoms with van der Waals surface area (Å²) >= 11 is 0. The Hall–Kier alpha value is -2.90. The second-order valence-corrected chi connectivity index (χ2v) is 3.85. The summed E-state index contributed by atoms with van der Waals surface area (Å²) in [5.74, 6) is -0.0855. The molecule has 0 amide bonds. The Morgan fingerprint density at radius 1 is 0.850 bits per heavy atom. The van der Waals surface area contributed by atoms with Gasteiger partial charge < -0.3 is 9.47 Å². The lowest BCUT2D eigenvalue weighted by molar-refractivity contribution is -0.391. The first-order chi connectivity index (χ1) is 9.51. The topological polar surface area (TPSA) is 105 Å². The van der Waals surface area contributed by atoms with Crippen molar-refractivity contribution in [3.63, 3.8) is 0 Å². The van der Waals surface area contributed by atoms with Crippen LogP contribution in [0.5, 0.6) is 11.5 Å². The van der Waals surface area contributed by atoms with Gasteiger partial charge in [-0.2, -0.15) is 0 Å². The van der Waals surface area contributed by atoms with Gasteiger partial charge >= 0.3 is 11.4 Å². The highest BCUT2D eigenvalue weighted by Crippen LogP contribution is 2.44. The molecule has 0 heterocycles. The third kappa shape index (κ3) is 1.96. The molecule has 0 bridgehead atoms. The number of nitro benzene ring substituents is 2. The predicted octanol–water partition coefficient (Wildman–Crippen LogP) is 2.67. The van der Waals surface area contributed by atoms with E-state index in [1.165, 1.54) is 38.5 Å². The summed E-state index contributed by atoms with van der Waals surface area (Å²) < 4.78 is 9.84. The average molecular weight is 278 g/mol. The van der Waals surface area contributed by atoms with E-state index in [2.05, 4.69) is 0 Å². The number of nitrogens with zero attached hydrogens (tertiary/aromatic N) is 2. The Morgan fingerprint density at radius 3 is 1.55 bits per heavy atom. The van der Waals surface area contributed by atoms with Crippen LogP contribution >= 0.6 is 0 Å². The third-order valence-corrected chi connectivity index (χ3v) is 2.86. The summed E-state index contributed by atoms with van der Waals surface area (Å²) in [5.41, 5.74) is -0.897. The van der Waals surface area contributed by atoms with Crippen molar-refractivity contribution in [1.29, 1.82) is 0 Å². The maximum atomic E-state index is 11.2. The summed E-state index contributed by atoms with van der Waals surface area (Å²) in [5, 5.41) is 22.7. The first-order valence-electron chi connectivity index (χ1n) is 5.47. The third-order valence-electron chi connectivity index (χ3n) is 2.86. The molecule has 2 aromatic rings. The molecule has 0 aliphatic heterocycles. The normalized spacial score (nSPS) is 10.3. The smallest absolute Gasteiger partial charge is 0.325 e. The Bertz CT molecular complexity index is 656. The quantitative estimate of drug-likeness (QED) is 0.628. The first kappa shape index (κ1) is 13.5. The van der Waals surface area contributed by atoms with Gasteiger partial charge in [0.15, 0.2) is 11.5 Å². The van der Waals surface area contributed by atoms with E-state index in [1.54, 1.807) is 0 Å². The summed E-state index contributed by atoms with van der Waals surface area (Å²) in [4.78, 5) is 21.1. The molecule has 0 aliphatic carbocycles. The van der Waals surface area contributed by atoms with Gasteiger partial charge in [0.25, 0.3) is 0 Å². The largest absolute Gasteiger partial charge is 0.490 e. The fourth-order valence-electron chi connectivity index (χ4n) is 2.03. The van der Waals surface area contributed by atoms with Crippen LogP contribution in [-0.2, 0) is 0 Å². The maximum Gasteiger partial charge on any atom is 0.325 e. The van der Waals surface area contributed by atoms with Crippen LogP contribution in [0.15, 0.2) is 24.3 Å². The van der Waals surface area contributed by atoms with E-state index in [0.717, 1.165) is 0 Å². The molecule has 0 spiro atoms. The highest BCUT2D eigenvalue weighted by atomic mass is 16.6. The van der Waals surface area contributed by atoms with Crippen molar-refractivity contribution in [1.82, 2.24) is 0 Å². The number of methoxy groups -OCH3 is 2. The highest BCUT2D eigenvalue weighted by Gasteiger charge is 2.30. The van der Waals surface area contributed by atoms with Crippen molar-refractivity contribution in [2.24, 2.45) is 0 Å². The van der Waals surface area contributed by atoms with E-state index in [1.807, 2.05) is 0 Å². The van der Waals surface area contributed by atoms with Gasteiger partial charge in [0, 0.05) is 0 Å². The molecule has 0 radical (unpaired) electrons. The Morgan fingerprint density at radius 2 is 1.25 bits per heavy atom. The molecule has 0 fully saturated rings. The molecule has 0 atom stereocenters. The number of fused-ring (bicyclic) bond motifs is 1. The maximum absolute atomic E-state index is 11.2. The van der Waals surface area contributed by atoms with Crippen LogP contribution < -0.4 is 9.47 Å². The Balaban J connectivity index is 3.03. The molecule has 0 aliphatic rings. The van der Waals surface area contributed by atoms with E-state index >= 15 is 0 Å². The van der Waals surface area contributed by atoms with Gasteiger partial charge in [-0.15, -0.1) is 0 Å². The van der Waals surface area contributed by atoms with Crippen LogP contribution in [0.3, 0.4) is 0 Å². The highest BCUT2D eigenvalue weighted by molar-refractivity contribution is 6.02. The average Bonchev–Trinajstić information content (AvgIpc) is 2.43. The summed E-state index contributed by atoms with van der Waals surface area (Å²) in [6, 6.07) is 5.84. The molecular weight excluding hydrogens is 268 g/mol. The lowest BCUT2D eigenvalue weighted by Crippen LogP contribution is -2.00. The minimum absolute atomic E-state index is 0.0427. The fourth-order valence-corrected chi connectivity index (χ4v) is 2.03. The van der Waals surface area contributed by atoms with Crippen molar-refractivity contribution < 1.29 is 19.3 Å². The first-order valence-corrected chi connectivity index (χ1v) is 5.47. The SMILES string of the molecule is COc1ccc2ccc(OC)c([N+](=O)[O-])c2c1[N+](=O)[O-]. The van der Waals surface area contributed by atoms with Gasteiger partial charge in [0.05, 0.1) is 24.1 Å². The van der Waals surface area contributed by atoms with Gasteiger partial charge in [-0.05, 0) is 29.7 Å². The van der Waals surface area contributed by atoms with E-state index in [4.69, 9.17) is 9.47 Å². The molecule has 0 saturated heterocycles. The van der Waals surface area contributed by atoms with Crippen LogP contribution in [-0.4, -0.2) is 24.1 Å². The fraction of sp³-hybridized carbons (Fsp3) is 0.167. The molecule has 0 unspecified atom stereocenters. The van der Waals surface area contributed by atoms with Gasteiger partial charge in [0.2, 0.25) is 0 Å². The minimum atomic E-state index is -0.701. The van der Waals surface area contributed by atoms with Gasteiger partial charge in [-0.25, -0.2) is 0 Å². The monoisotopic (exact) mass is 278 g/mol. The molecule has 8 heteroatoms. The number of hydrogen-bond acceptors (Lipinski definition) is 6. The summed E-state index contributed by atoms with van der Waals surface area (Å²) in [6.07, 6.45) is 0. The number of ether oxygens (including phenoxy) is 2. The second kappa shape index (κ2) is 5.00. The van der Waals surface area contributed by atoms with Crippen molar-refractivity contribution in [3.05, 3.63) is 44.5 Å². The van der Waals surface area contributed by atoms with E-state index < -0.39 is 21.2 Å². The van der Waals surface area contributed by atoms with Crippen molar-refractivity contribution in [2.45, 2.75) is 0 Å². The van der Waals surface area contributed by atoms with Crippen LogP contribution in [0.25, 0.3) is 10.8 Å². The molecule has 2 aromatic carbocycles. The molecule has 104 valence electrons. The number of hydrogen-bond donors (Lipinski definition) is 0. The van der Waals surface area contributed by atoms with Crippen LogP contribution in [0.4, 0.5) is 11.4 Å². The number of benzene rings is 2. The van der Waals surface area contributed by atoms with Gasteiger partial charge in [-0.3, -0.25) is 20.2 Å². The van der Waals surface area contributed by atoms with Gasteiger partial charge in [-0.1, -0.05) is 0 Å². The molecule has 0 N–H and O–H groups in total. The van der Waals surface area contributed by atoms with E-state index in [9.17, 15) is 20.2 Å². The second-order valence-electron chi connectivity index (χ2n) is 3.85. The van der Waals surface area contributed by atoms with Crippen LogP contribution in [0, 0.1) is 20.2 Å². The molecular formula is C12H10N2O6. The Labute approximate surface area is 112 Å². The standard InChI is InChI=1S/C12H10N2O6/c1-19-8-5-3-7-4-6-9(20-2)12(14(17)18)10(7)11(8)13(15)16/h3-6H,1-2H3. The summed E-state index contributed by atoms with van der Waals surface area (Å²) in [7, 11) is 2.53. The lowest BCUT2D eigenvalue weighted by Gasteiger charge is -2.08. The lowest BCUT2D eigenvalue weighted by atomic mass is 10.1. The Kier molecular flexibility index (Phi) is 3.38. The van der Waals surface area contributed by atoms with Crippen LogP contribution in [0.2, 0.25) is 0 Å². The van der Waals surface area contributed by atoms with Crippen molar-refractivity contribution >= 4 is 22.1 Å².